The van der Waals surface area contributed by atoms with Crippen molar-refractivity contribution in [3.63, 3.8) is 0 Å². The van der Waals surface area contributed by atoms with E-state index in [2.05, 4.69) is 10.3 Å². The van der Waals surface area contributed by atoms with Gasteiger partial charge in [0, 0.05) is 29.2 Å². The average molecular weight is 432 g/mol. The van der Waals surface area contributed by atoms with Crippen molar-refractivity contribution in [2.24, 2.45) is 0 Å². The van der Waals surface area contributed by atoms with Gasteiger partial charge in [-0.15, -0.1) is 0 Å². The van der Waals surface area contributed by atoms with Crippen LogP contribution in [0.1, 0.15) is 31.8 Å². The maximum absolute atomic E-state index is 13.2. The zero-order valence-corrected chi connectivity index (χ0v) is 17.1. The van der Waals surface area contributed by atoms with Gasteiger partial charge >= 0.3 is 0 Å². The monoisotopic (exact) mass is 432 g/mol. The molecule has 0 bridgehead atoms. The highest BCUT2D eigenvalue weighted by Gasteiger charge is 2.18. The molecule has 4 aromatic rings. The molecule has 0 radical (unpaired) electrons. The van der Waals surface area contributed by atoms with Gasteiger partial charge in [0.25, 0.3) is 11.1 Å². The van der Waals surface area contributed by atoms with Gasteiger partial charge in [0.1, 0.15) is 11.6 Å². The molecular weight excluding hydrogens is 415 g/mol. The van der Waals surface area contributed by atoms with Crippen LogP contribution in [0.15, 0.2) is 84.4 Å². The Labute approximate surface area is 182 Å². The zero-order valence-electron chi connectivity index (χ0n) is 16.2. The molecule has 0 fully saturated rings. The number of carbonyl (C=O) groups excluding carboxylic acids is 2. The summed E-state index contributed by atoms with van der Waals surface area (Å²) in [6.07, 6.45) is 1.67. The summed E-state index contributed by atoms with van der Waals surface area (Å²) in [4.78, 5) is 29.6. The first kappa shape index (κ1) is 20.4. The lowest BCUT2D eigenvalue weighted by atomic mass is 9.98. The molecule has 0 unspecified atom stereocenters. The smallest absolute Gasteiger partial charge is 0.278 e. The number of thiazole rings is 1. The second-order valence-corrected chi connectivity index (χ2v) is 7.47. The standard InChI is InChI=1S/C24H17FN2O3S/c25-18-9-7-17(8-10-18)22(28)20-3-1-2-4-21(20)23(29)27-15-16-5-11-19(12-6-16)30-24-26-13-14-31-24/h1-14H,15H2,(H,27,29). The van der Waals surface area contributed by atoms with Crippen LogP contribution in [0.5, 0.6) is 10.9 Å². The fourth-order valence-electron chi connectivity index (χ4n) is 2.95. The van der Waals surface area contributed by atoms with Crippen LogP contribution in [-0.2, 0) is 6.54 Å². The number of halogens is 1. The Morgan fingerprint density at radius 1 is 0.935 bits per heavy atom. The van der Waals surface area contributed by atoms with E-state index in [0.717, 1.165) is 5.56 Å². The fourth-order valence-corrected chi connectivity index (χ4v) is 3.45. The van der Waals surface area contributed by atoms with Crippen molar-refractivity contribution in [3.8, 4) is 10.9 Å². The highest BCUT2D eigenvalue weighted by molar-refractivity contribution is 7.11. The summed E-state index contributed by atoms with van der Waals surface area (Å²) in [5, 5.41) is 5.22. The maximum atomic E-state index is 13.2. The first-order chi connectivity index (χ1) is 15.1. The van der Waals surface area contributed by atoms with Gasteiger partial charge in [0.15, 0.2) is 5.78 Å². The van der Waals surface area contributed by atoms with E-state index in [9.17, 15) is 14.0 Å². The molecule has 0 aliphatic rings. The molecule has 0 aliphatic heterocycles. The first-order valence-electron chi connectivity index (χ1n) is 9.44. The molecule has 1 heterocycles. The van der Waals surface area contributed by atoms with Crippen molar-refractivity contribution in [3.05, 3.63) is 112 Å². The molecular formula is C24H17FN2O3S. The molecule has 7 heteroatoms. The lowest BCUT2D eigenvalue weighted by Gasteiger charge is -2.10. The molecule has 31 heavy (non-hydrogen) atoms. The number of rotatable bonds is 7. The second-order valence-electron chi connectivity index (χ2n) is 6.61. The van der Waals surface area contributed by atoms with Crippen LogP contribution >= 0.6 is 11.3 Å². The summed E-state index contributed by atoms with van der Waals surface area (Å²) in [6.45, 7) is 0.287. The molecule has 4 rings (SSSR count). The van der Waals surface area contributed by atoms with Crippen molar-refractivity contribution in [2.45, 2.75) is 6.54 Å². The van der Waals surface area contributed by atoms with Gasteiger partial charge in [-0.2, -0.15) is 0 Å². The third kappa shape index (κ3) is 5.02. The van der Waals surface area contributed by atoms with Gasteiger partial charge in [-0.25, -0.2) is 9.37 Å². The molecule has 3 aromatic carbocycles. The quantitative estimate of drug-likeness (QED) is 0.406. The van der Waals surface area contributed by atoms with Crippen LogP contribution in [0.2, 0.25) is 0 Å². The first-order valence-corrected chi connectivity index (χ1v) is 10.3. The van der Waals surface area contributed by atoms with Crippen molar-refractivity contribution in [1.29, 1.82) is 0 Å². The summed E-state index contributed by atoms with van der Waals surface area (Å²) in [7, 11) is 0. The van der Waals surface area contributed by atoms with Crippen LogP contribution in [-0.4, -0.2) is 16.7 Å². The summed E-state index contributed by atoms with van der Waals surface area (Å²) in [6, 6.07) is 19.1. The third-order valence-corrected chi connectivity index (χ3v) is 5.16. The van der Waals surface area contributed by atoms with Gasteiger partial charge in [0.05, 0.1) is 5.56 Å². The van der Waals surface area contributed by atoms with Gasteiger partial charge < -0.3 is 10.1 Å². The molecule has 154 valence electrons. The third-order valence-electron chi connectivity index (χ3n) is 4.51. The van der Waals surface area contributed by atoms with E-state index >= 15 is 0 Å². The second kappa shape index (κ2) is 9.32. The van der Waals surface area contributed by atoms with E-state index < -0.39 is 5.82 Å². The van der Waals surface area contributed by atoms with Crippen LogP contribution in [0.25, 0.3) is 0 Å². The molecule has 0 spiro atoms. The Kier molecular flexibility index (Phi) is 6.14. The van der Waals surface area contributed by atoms with Crippen LogP contribution in [0.3, 0.4) is 0 Å². The molecule has 0 saturated carbocycles. The normalized spacial score (nSPS) is 10.5. The molecule has 0 saturated heterocycles. The maximum Gasteiger partial charge on any atom is 0.278 e. The van der Waals surface area contributed by atoms with Gasteiger partial charge in [-0.3, -0.25) is 9.59 Å². The van der Waals surface area contributed by atoms with Gasteiger partial charge in [0.2, 0.25) is 0 Å². The number of nitrogens with zero attached hydrogens (tertiary/aromatic N) is 1. The van der Waals surface area contributed by atoms with Gasteiger partial charge in [-0.05, 0) is 48.0 Å². The summed E-state index contributed by atoms with van der Waals surface area (Å²) in [5.41, 5.74) is 1.72. The van der Waals surface area contributed by atoms with E-state index in [4.69, 9.17) is 4.74 Å². The number of hydrogen-bond acceptors (Lipinski definition) is 5. The van der Waals surface area contributed by atoms with Crippen molar-refractivity contribution in [2.75, 3.05) is 0 Å². The number of ether oxygens (including phenoxy) is 1. The van der Waals surface area contributed by atoms with E-state index in [-0.39, 0.29) is 29.4 Å². The number of hydrogen-bond donors (Lipinski definition) is 1. The number of nitrogens with one attached hydrogen (secondary N) is 1. The Bertz CT molecular complexity index is 1190. The van der Waals surface area contributed by atoms with Crippen molar-refractivity contribution in [1.82, 2.24) is 10.3 Å². The molecule has 5 nitrogen and oxygen atoms in total. The Morgan fingerprint density at radius 2 is 1.65 bits per heavy atom. The summed E-state index contributed by atoms with van der Waals surface area (Å²) in [5.74, 6) is -0.477. The van der Waals surface area contributed by atoms with E-state index in [1.807, 2.05) is 17.5 Å². The van der Waals surface area contributed by atoms with Crippen molar-refractivity contribution < 1.29 is 18.7 Å². The highest BCUT2D eigenvalue weighted by atomic mass is 32.1. The summed E-state index contributed by atoms with van der Waals surface area (Å²) < 4.78 is 18.8. The van der Waals surface area contributed by atoms with Crippen LogP contribution < -0.4 is 10.1 Å². The molecule has 1 N–H and O–H groups in total. The number of benzene rings is 3. The predicted octanol–water partition coefficient (Wildman–Crippen LogP) is 5.24. The number of amides is 1. The minimum atomic E-state index is -0.425. The molecule has 1 aromatic heterocycles. The topological polar surface area (TPSA) is 68.3 Å². The SMILES string of the molecule is O=C(NCc1ccc(Oc2nccs2)cc1)c1ccccc1C(=O)c1ccc(F)cc1. The lowest BCUT2D eigenvalue weighted by Crippen LogP contribution is -2.25. The average Bonchev–Trinajstić information content (AvgIpc) is 3.31. The minimum Gasteiger partial charge on any atom is -0.431 e. The Hall–Kier alpha value is -3.84. The van der Waals surface area contributed by atoms with Crippen LogP contribution in [0, 0.1) is 5.82 Å². The van der Waals surface area contributed by atoms with E-state index in [1.165, 1.54) is 35.6 Å². The van der Waals surface area contributed by atoms with Crippen molar-refractivity contribution >= 4 is 23.0 Å². The molecule has 0 aliphatic carbocycles. The van der Waals surface area contributed by atoms with E-state index in [0.29, 0.717) is 16.5 Å². The van der Waals surface area contributed by atoms with Crippen LogP contribution in [0.4, 0.5) is 4.39 Å². The number of ketones is 1. The Balaban J connectivity index is 1.43. The van der Waals surface area contributed by atoms with Gasteiger partial charge in [-0.1, -0.05) is 41.7 Å². The predicted molar refractivity (Wildman–Crippen MR) is 116 cm³/mol. The lowest BCUT2D eigenvalue weighted by molar-refractivity contribution is 0.0939. The fraction of sp³-hybridized carbons (Fsp3) is 0.0417. The van der Waals surface area contributed by atoms with E-state index in [1.54, 1.807) is 42.6 Å². The Morgan fingerprint density at radius 3 is 2.32 bits per heavy atom. The minimum absolute atomic E-state index is 0.263. The molecule has 0 atom stereocenters. The highest BCUT2D eigenvalue weighted by Crippen LogP contribution is 2.23. The molecule has 1 amide bonds. The number of aromatic nitrogens is 1. The largest absolute Gasteiger partial charge is 0.431 e. The number of carbonyl (C=O) groups is 2. The summed E-state index contributed by atoms with van der Waals surface area (Å²) >= 11 is 1.40. The zero-order chi connectivity index (χ0) is 21.6.